The van der Waals surface area contributed by atoms with Crippen molar-refractivity contribution in [2.45, 2.75) is 51.5 Å². The molecule has 3 aliphatic rings. The number of ether oxygens (including phenoxy) is 1. The van der Waals surface area contributed by atoms with E-state index in [0.29, 0.717) is 5.92 Å². The molecule has 1 N–H and O–H groups in total. The summed E-state index contributed by atoms with van der Waals surface area (Å²) in [6.45, 7) is 8.90. The Bertz CT molecular complexity index is 390. The molecule has 0 aliphatic carbocycles. The third-order valence-electron chi connectivity index (χ3n) is 5.79. The van der Waals surface area contributed by atoms with E-state index in [4.69, 9.17) is 4.74 Å². The zero-order chi connectivity index (χ0) is 16.1. The summed E-state index contributed by atoms with van der Waals surface area (Å²) in [5, 5.41) is 3.07. The average Bonchev–Trinajstić information content (AvgIpc) is 3.11. The van der Waals surface area contributed by atoms with Crippen molar-refractivity contribution in [2.75, 3.05) is 45.9 Å². The predicted molar refractivity (Wildman–Crippen MR) is 91.5 cm³/mol. The lowest BCUT2D eigenvalue weighted by Crippen LogP contribution is -2.44. The number of hydrogen-bond acceptors (Lipinski definition) is 3. The number of likely N-dealkylation sites (tertiary alicyclic amines) is 1. The Hall–Kier alpha value is -0.810. The normalized spacial score (nSPS) is 30.3. The maximum Gasteiger partial charge on any atom is 0.317 e. The molecule has 3 rings (SSSR count). The summed E-state index contributed by atoms with van der Waals surface area (Å²) < 4.78 is 5.53. The SMILES string of the molecule is CCCCOCCCNC(=O)N1C[C@@H]2CN3CCCC[C@H]3[C@@H]2C1. The molecule has 2 amide bonds. The van der Waals surface area contributed by atoms with Crippen LogP contribution in [0.4, 0.5) is 4.79 Å². The van der Waals surface area contributed by atoms with E-state index < -0.39 is 0 Å². The number of rotatable bonds is 7. The zero-order valence-corrected chi connectivity index (χ0v) is 14.6. The number of hydrogen-bond donors (Lipinski definition) is 1. The van der Waals surface area contributed by atoms with E-state index in [-0.39, 0.29) is 6.03 Å². The van der Waals surface area contributed by atoms with Crippen molar-refractivity contribution in [1.29, 1.82) is 0 Å². The lowest BCUT2D eigenvalue weighted by atomic mass is 9.90. The van der Waals surface area contributed by atoms with Crippen LogP contribution in [0, 0.1) is 11.8 Å². The Morgan fingerprint density at radius 2 is 2.04 bits per heavy atom. The smallest absolute Gasteiger partial charge is 0.317 e. The van der Waals surface area contributed by atoms with Crippen LogP contribution in [0.5, 0.6) is 0 Å². The molecule has 0 aromatic heterocycles. The number of fused-ring (bicyclic) bond motifs is 3. The fourth-order valence-electron chi connectivity index (χ4n) is 4.55. The Labute approximate surface area is 140 Å². The molecule has 0 aromatic rings. The van der Waals surface area contributed by atoms with E-state index in [1.807, 2.05) is 0 Å². The molecule has 0 unspecified atom stereocenters. The Balaban J connectivity index is 1.33. The highest BCUT2D eigenvalue weighted by Gasteiger charge is 2.48. The molecule has 3 fully saturated rings. The van der Waals surface area contributed by atoms with E-state index in [9.17, 15) is 4.79 Å². The molecule has 3 aliphatic heterocycles. The average molecular weight is 323 g/mol. The number of nitrogens with zero attached hydrogens (tertiary/aromatic N) is 2. The third kappa shape index (κ3) is 4.18. The van der Waals surface area contributed by atoms with E-state index in [1.54, 1.807) is 0 Å². The topological polar surface area (TPSA) is 44.8 Å². The Morgan fingerprint density at radius 3 is 2.91 bits per heavy atom. The van der Waals surface area contributed by atoms with Gasteiger partial charge in [-0.3, -0.25) is 4.90 Å². The number of carbonyl (C=O) groups is 1. The van der Waals surface area contributed by atoms with Gasteiger partial charge in [0.25, 0.3) is 0 Å². The fraction of sp³-hybridized carbons (Fsp3) is 0.944. The van der Waals surface area contributed by atoms with Crippen LogP contribution >= 0.6 is 0 Å². The van der Waals surface area contributed by atoms with E-state index in [0.717, 1.165) is 57.6 Å². The van der Waals surface area contributed by atoms with Crippen molar-refractivity contribution in [3.05, 3.63) is 0 Å². The molecule has 23 heavy (non-hydrogen) atoms. The van der Waals surface area contributed by atoms with Gasteiger partial charge >= 0.3 is 6.03 Å². The first-order valence-electron chi connectivity index (χ1n) is 9.64. The van der Waals surface area contributed by atoms with Crippen LogP contribution in [0.15, 0.2) is 0 Å². The second kappa shape index (κ2) is 8.34. The summed E-state index contributed by atoms with van der Waals surface area (Å²) in [5.41, 5.74) is 0. The summed E-state index contributed by atoms with van der Waals surface area (Å²) in [5.74, 6) is 1.43. The number of urea groups is 1. The van der Waals surface area contributed by atoms with Crippen molar-refractivity contribution >= 4 is 6.03 Å². The highest BCUT2D eigenvalue weighted by Crippen LogP contribution is 2.40. The van der Waals surface area contributed by atoms with Gasteiger partial charge in [-0.15, -0.1) is 0 Å². The van der Waals surface area contributed by atoms with E-state index in [1.165, 1.54) is 38.8 Å². The maximum atomic E-state index is 12.3. The zero-order valence-electron chi connectivity index (χ0n) is 14.6. The van der Waals surface area contributed by atoms with Gasteiger partial charge in [-0.25, -0.2) is 4.79 Å². The molecule has 3 saturated heterocycles. The quantitative estimate of drug-likeness (QED) is 0.731. The van der Waals surface area contributed by atoms with Gasteiger partial charge in [0.2, 0.25) is 0 Å². The highest BCUT2D eigenvalue weighted by atomic mass is 16.5. The molecule has 0 bridgehead atoms. The van der Waals surface area contributed by atoms with Gasteiger partial charge in [0, 0.05) is 45.4 Å². The van der Waals surface area contributed by atoms with Crippen LogP contribution in [0.25, 0.3) is 0 Å². The monoisotopic (exact) mass is 323 g/mol. The van der Waals surface area contributed by atoms with Crippen molar-refractivity contribution in [1.82, 2.24) is 15.1 Å². The second-order valence-electron chi connectivity index (χ2n) is 7.44. The molecule has 0 radical (unpaired) electrons. The number of carbonyl (C=O) groups excluding carboxylic acids is 1. The van der Waals surface area contributed by atoms with E-state index in [2.05, 4.69) is 22.0 Å². The Kier molecular flexibility index (Phi) is 6.17. The van der Waals surface area contributed by atoms with Crippen molar-refractivity contribution in [2.24, 2.45) is 11.8 Å². The van der Waals surface area contributed by atoms with Gasteiger partial charge in [0.15, 0.2) is 0 Å². The summed E-state index contributed by atoms with van der Waals surface area (Å²) in [7, 11) is 0. The summed E-state index contributed by atoms with van der Waals surface area (Å²) in [4.78, 5) is 17.1. The highest BCUT2D eigenvalue weighted by molar-refractivity contribution is 5.74. The predicted octanol–water partition coefficient (Wildman–Crippen LogP) is 2.32. The molecule has 0 aromatic carbocycles. The number of nitrogens with one attached hydrogen (secondary N) is 1. The lowest BCUT2D eigenvalue weighted by Gasteiger charge is -2.33. The summed E-state index contributed by atoms with van der Waals surface area (Å²) >= 11 is 0. The summed E-state index contributed by atoms with van der Waals surface area (Å²) in [6.07, 6.45) is 7.28. The largest absolute Gasteiger partial charge is 0.381 e. The first-order chi connectivity index (χ1) is 11.3. The standard InChI is InChI=1S/C18H33N3O2/c1-2-3-10-23-11-6-8-19-18(22)21-13-15-12-20-9-5-4-7-17(20)16(15)14-21/h15-17H,2-14H2,1H3,(H,19,22)/t15-,16+,17-/m0/s1. The number of piperidine rings is 1. The molecular formula is C18H33N3O2. The minimum atomic E-state index is 0.135. The van der Waals surface area contributed by atoms with Crippen LogP contribution in [0.3, 0.4) is 0 Å². The molecule has 5 nitrogen and oxygen atoms in total. The first-order valence-corrected chi connectivity index (χ1v) is 9.64. The Morgan fingerprint density at radius 1 is 1.17 bits per heavy atom. The van der Waals surface area contributed by atoms with Gasteiger partial charge in [-0.05, 0) is 44.1 Å². The van der Waals surface area contributed by atoms with Gasteiger partial charge < -0.3 is 15.0 Å². The van der Waals surface area contributed by atoms with Gasteiger partial charge in [0.05, 0.1) is 0 Å². The van der Waals surface area contributed by atoms with Gasteiger partial charge in [-0.1, -0.05) is 19.8 Å². The van der Waals surface area contributed by atoms with Crippen molar-refractivity contribution in [3.63, 3.8) is 0 Å². The number of amides is 2. The van der Waals surface area contributed by atoms with Crippen LogP contribution in [-0.2, 0) is 4.74 Å². The molecule has 3 atom stereocenters. The van der Waals surface area contributed by atoms with Gasteiger partial charge in [-0.2, -0.15) is 0 Å². The molecule has 5 heteroatoms. The number of unbranched alkanes of at least 4 members (excludes halogenated alkanes) is 1. The minimum Gasteiger partial charge on any atom is -0.381 e. The van der Waals surface area contributed by atoms with Crippen LogP contribution in [0.1, 0.15) is 45.4 Å². The van der Waals surface area contributed by atoms with Crippen LogP contribution < -0.4 is 5.32 Å². The molecule has 0 saturated carbocycles. The molecule has 3 heterocycles. The van der Waals surface area contributed by atoms with E-state index >= 15 is 0 Å². The summed E-state index contributed by atoms with van der Waals surface area (Å²) in [6, 6.07) is 0.883. The van der Waals surface area contributed by atoms with Crippen molar-refractivity contribution < 1.29 is 9.53 Å². The fourth-order valence-corrected chi connectivity index (χ4v) is 4.55. The van der Waals surface area contributed by atoms with Gasteiger partial charge in [0.1, 0.15) is 0 Å². The van der Waals surface area contributed by atoms with Crippen LogP contribution in [0.2, 0.25) is 0 Å². The second-order valence-corrected chi connectivity index (χ2v) is 7.44. The minimum absolute atomic E-state index is 0.135. The molecule has 132 valence electrons. The molecular weight excluding hydrogens is 290 g/mol. The third-order valence-corrected chi connectivity index (χ3v) is 5.79. The molecule has 0 spiro atoms. The van der Waals surface area contributed by atoms with Crippen LogP contribution in [-0.4, -0.2) is 67.8 Å². The maximum absolute atomic E-state index is 12.3. The van der Waals surface area contributed by atoms with Crippen molar-refractivity contribution in [3.8, 4) is 0 Å². The lowest BCUT2D eigenvalue weighted by molar-refractivity contribution is 0.128. The first kappa shape index (κ1) is 17.0.